The van der Waals surface area contributed by atoms with Crippen LogP contribution in [0.4, 0.5) is 0 Å². The molecular weight excluding hydrogens is 216 g/mol. The molecule has 2 unspecified atom stereocenters. The summed E-state index contributed by atoms with van der Waals surface area (Å²) in [5.41, 5.74) is 2.30. The van der Waals surface area contributed by atoms with Crippen molar-refractivity contribution < 1.29 is 14.6 Å². The zero-order chi connectivity index (χ0) is 11.7. The fraction of sp³-hybridized carbons (Fsp3) is 0.571. The molecule has 1 N–H and O–H groups in total. The molecule has 0 aromatic heterocycles. The quantitative estimate of drug-likeness (QED) is 0.852. The zero-order valence-corrected chi connectivity index (χ0v) is 9.89. The van der Waals surface area contributed by atoms with Gasteiger partial charge in [-0.25, -0.2) is 0 Å². The molecule has 0 spiro atoms. The van der Waals surface area contributed by atoms with Crippen LogP contribution < -0.4 is 4.74 Å². The number of hydrogen-bond donors (Lipinski definition) is 1. The van der Waals surface area contributed by atoms with E-state index in [2.05, 4.69) is 6.07 Å². The lowest BCUT2D eigenvalue weighted by Gasteiger charge is -2.23. The Hall–Kier alpha value is -1.06. The maximum Gasteiger partial charge on any atom is 0.122 e. The molecule has 3 rings (SSSR count). The van der Waals surface area contributed by atoms with Crippen LogP contribution in [0.5, 0.6) is 5.75 Å². The van der Waals surface area contributed by atoms with E-state index < -0.39 is 0 Å². The van der Waals surface area contributed by atoms with Gasteiger partial charge >= 0.3 is 0 Å². The normalized spacial score (nSPS) is 27.8. The number of benzene rings is 1. The molecule has 1 aliphatic heterocycles. The molecule has 1 saturated heterocycles. The summed E-state index contributed by atoms with van der Waals surface area (Å²) in [5, 5.41) is 9.73. The van der Waals surface area contributed by atoms with Crippen LogP contribution in [0, 0.1) is 0 Å². The molecule has 2 aliphatic rings. The van der Waals surface area contributed by atoms with Crippen molar-refractivity contribution >= 4 is 0 Å². The first-order valence-electron chi connectivity index (χ1n) is 6.38. The molecule has 0 radical (unpaired) electrons. The van der Waals surface area contributed by atoms with Crippen molar-refractivity contribution in [2.75, 3.05) is 13.2 Å². The number of hydrogen-bond acceptors (Lipinski definition) is 3. The lowest BCUT2D eigenvalue weighted by atomic mass is 10.1. The molecule has 1 aromatic carbocycles. The minimum absolute atomic E-state index is 0.188. The molecular formula is C14H18O3. The van der Waals surface area contributed by atoms with Gasteiger partial charge in [-0.2, -0.15) is 0 Å². The van der Waals surface area contributed by atoms with Crippen LogP contribution in [0.1, 0.15) is 36.5 Å². The molecule has 1 aliphatic carbocycles. The second kappa shape index (κ2) is 4.67. The minimum atomic E-state index is -0.280. The molecule has 3 nitrogen and oxygen atoms in total. The number of aryl methyl sites for hydroxylation is 1. The Morgan fingerprint density at radius 2 is 2.24 bits per heavy atom. The van der Waals surface area contributed by atoms with Gasteiger partial charge in [0.25, 0.3) is 0 Å². The van der Waals surface area contributed by atoms with Gasteiger partial charge in [-0.3, -0.25) is 0 Å². The van der Waals surface area contributed by atoms with Gasteiger partial charge in [0, 0.05) is 6.61 Å². The van der Waals surface area contributed by atoms with Gasteiger partial charge in [0.1, 0.15) is 11.9 Å². The maximum absolute atomic E-state index is 9.73. The van der Waals surface area contributed by atoms with Gasteiger partial charge in [0.15, 0.2) is 0 Å². The second-order valence-electron chi connectivity index (χ2n) is 4.87. The lowest BCUT2D eigenvalue weighted by Crippen LogP contribution is -2.28. The molecule has 1 aromatic rings. The first-order valence-corrected chi connectivity index (χ1v) is 6.38. The van der Waals surface area contributed by atoms with Gasteiger partial charge in [-0.1, -0.05) is 6.07 Å². The third-order valence-corrected chi connectivity index (χ3v) is 3.58. The fourth-order valence-corrected chi connectivity index (χ4v) is 2.64. The molecule has 2 atom stereocenters. The van der Waals surface area contributed by atoms with Crippen LogP contribution in [0.3, 0.4) is 0 Å². The number of fused-ring (bicyclic) bond motifs is 1. The Morgan fingerprint density at radius 1 is 1.29 bits per heavy atom. The van der Waals surface area contributed by atoms with Gasteiger partial charge < -0.3 is 14.6 Å². The zero-order valence-electron chi connectivity index (χ0n) is 9.89. The minimum Gasteiger partial charge on any atom is -0.488 e. The maximum atomic E-state index is 9.73. The van der Waals surface area contributed by atoms with Crippen molar-refractivity contribution in [3.8, 4) is 5.75 Å². The smallest absolute Gasteiger partial charge is 0.122 e. The molecule has 1 fully saturated rings. The van der Waals surface area contributed by atoms with Crippen molar-refractivity contribution in [3.63, 3.8) is 0 Å². The molecule has 17 heavy (non-hydrogen) atoms. The van der Waals surface area contributed by atoms with E-state index in [1.807, 2.05) is 12.1 Å². The molecule has 0 bridgehead atoms. The van der Waals surface area contributed by atoms with E-state index in [4.69, 9.17) is 9.47 Å². The number of aliphatic hydroxyl groups is 1. The van der Waals surface area contributed by atoms with E-state index in [0.717, 1.165) is 43.6 Å². The van der Waals surface area contributed by atoms with Gasteiger partial charge in [-0.15, -0.1) is 0 Å². The van der Waals surface area contributed by atoms with Crippen molar-refractivity contribution in [2.45, 2.75) is 37.9 Å². The molecule has 3 heteroatoms. The summed E-state index contributed by atoms with van der Waals surface area (Å²) in [6.07, 6.45) is 3.85. The third-order valence-electron chi connectivity index (χ3n) is 3.58. The summed E-state index contributed by atoms with van der Waals surface area (Å²) in [5.74, 6) is 0.911. The average molecular weight is 234 g/mol. The van der Waals surface area contributed by atoms with E-state index >= 15 is 0 Å². The van der Waals surface area contributed by atoms with Crippen LogP contribution in [0.25, 0.3) is 0 Å². The van der Waals surface area contributed by atoms with Crippen LogP contribution in [-0.2, 0) is 11.2 Å². The Morgan fingerprint density at radius 3 is 3.06 bits per heavy atom. The summed E-state index contributed by atoms with van der Waals surface area (Å²) in [7, 11) is 0. The van der Waals surface area contributed by atoms with E-state index in [9.17, 15) is 5.11 Å². The van der Waals surface area contributed by atoms with Crippen LogP contribution >= 0.6 is 0 Å². The third kappa shape index (κ3) is 2.31. The largest absolute Gasteiger partial charge is 0.488 e. The van der Waals surface area contributed by atoms with Crippen molar-refractivity contribution in [1.29, 1.82) is 0 Å². The van der Waals surface area contributed by atoms with Gasteiger partial charge in [0.05, 0.1) is 12.7 Å². The Kier molecular flexibility index (Phi) is 3.04. The SMILES string of the molecule is OC1CCc2cc(OC3CCCOC3)ccc21. The van der Waals surface area contributed by atoms with Crippen molar-refractivity contribution in [2.24, 2.45) is 0 Å². The number of ether oxygens (including phenoxy) is 2. The Labute approximate surface area is 101 Å². The highest BCUT2D eigenvalue weighted by Crippen LogP contribution is 2.33. The standard InChI is InChI=1S/C14H18O3/c15-14-6-3-10-8-11(4-5-13(10)14)17-12-2-1-7-16-9-12/h4-5,8,12,14-15H,1-3,6-7,9H2. The van der Waals surface area contributed by atoms with Crippen LogP contribution in [-0.4, -0.2) is 24.4 Å². The van der Waals surface area contributed by atoms with E-state index in [0.29, 0.717) is 6.61 Å². The summed E-state index contributed by atoms with van der Waals surface area (Å²) >= 11 is 0. The summed E-state index contributed by atoms with van der Waals surface area (Å²) in [4.78, 5) is 0. The molecule has 1 heterocycles. The van der Waals surface area contributed by atoms with E-state index in [1.54, 1.807) is 0 Å². The summed E-state index contributed by atoms with van der Waals surface area (Å²) < 4.78 is 11.3. The topological polar surface area (TPSA) is 38.7 Å². The number of aliphatic hydroxyl groups excluding tert-OH is 1. The van der Waals surface area contributed by atoms with Gasteiger partial charge in [0.2, 0.25) is 0 Å². The molecule has 0 amide bonds. The first kappa shape index (κ1) is 11.1. The summed E-state index contributed by atoms with van der Waals surface area (Å²) in [6, 6.07) is 6.02. The predicted molar refractivity (Wildman–Crippen MR) is 64.2 cm³/mol. The lowest BCUT2D eigenvalue weighted by molar-refractivity contribution is 0.00740. The summed E-state index contributed by atoms with van der Waals surface area (Å²) in [6.45, 7) is 1.55. The van der Waals surface area contributed by atoms with Gasteiger partial charge in [-0.05, 0) is 48.9 Å². The average Bonchev–Trinajstić information content (AvgIpc) is 2.72. The molecule has 0 saturated carbocycles. The predicted octanol–water partition coefficient (Wildman–Crippen LogP) is 2.22. The Balaban J connectivity index is 1.71. The van der Waals surface area contributed by atoms with E-state index in [1.165, 1.54) is 5.56 Å². The van der Waals surface area contributed by atoms with Crippen LogP contribution in [0.15, 0.2) is 18.2 Å². The van der Waals surface area contributed by atoms with Crippen LogP contribution in [0.2, 0.25) is 0 Å². The van der Waals surface area contributed by atoms with Crippen molar-refractivity contribution in [3.05, 3.63) is 29.3 Å². The monoisotopic (exact) mass is 234 g/mol. The Bertz CT molecular complexity index is 396. The highest BCUT2D eigenvalue weighted by Gasteiger charge is 2.21. The van der Waals surface area contributed by atoms with E-state index in [-0.39, 0.29) is 12.2 Å². The first-order chi connectivity index (χ1) is 8.33. The highest BCUT2D eigenvalue weighted by atomic mass is 16.5. The fourth-order valence-electron chi connectivity index (χ4n) is 2.64. The second-order valence-corrected chi connectivity index (χ2v) is 4.87. The van der Waals surface area contributed by atoms with Crippen molar-refractivity contribution in [1.82, 2.24) is 0 Å². The molecule has 92 valence electrons. The highest BCUT2D eigenvalue weighted by molar-refractivity contribution is 5.39. The number of rotatable bonds is 2.